The summed E-state index contributed by atoms with van der Waals surface area (Å²) in [5.74, 6) is -0.840. The molecule has 0 unspecified atom stereocenters. The van der Waals surface area contributed by atoms with E-state index in [1.54, 1.807) is 18.2 Å². The monoisotopic (exact) mass is 348 g/mol. The maximum Gasteiger partial charge on any atom is 0.340 e. The highest BCUT2D eigenvalue weighted by Gasteiger charge is 2.17. The van der Waals surface area contributed by atoms with Crippen LogP contribution in [0.5, 0.6) is 0 Å². The van der Waals surface area contributed by atoms with Gasteiger partial charge in [0.2, 0.25) is 0 Å². The van der Waals surface area contributed by atoms with Gasteiger partial charge in [-0.25, -0.2) is 4.79 Å². The summed E-state index contributed by atoms with van der Waals surface area (Å²) in [6.07, 6.45) is 0. The van der Waals surface area contributed by atoms with Crippen LogP contribution in [0.2, 0.25) is 5.02 Å². The molecule has 1 N–H and O–H groups in total. The molecule has 0 saturated carbocycles. The lowest BCUT2D eigenvalue weighted by molar-refractivity contribution is -0.124. The van der Waals surface area contributed by atoms with Crippen LogP contribution in [0.4, 0.5) is 0 Å². The zero-order valence-electron chi connectivity index (χ0n) is 14.1. The smallest absolute Gasteiger partial charge is 0.340 e. The largest absolute Gasteiger partial charge is 0.452 e. The summed E-state index contributed by atoms with van der Waals surface area (Å²) in [7, 11) is 0. The summed E-state index contributed by atoms with van der Waals surface area (Å²) in [4.78, 5) is 24.0. The van der Waals surface area contributed by atoms with Gasteiger partial charge in [-0.05, 0) is 44.5 Å². The molecule has 0 bridgehead atoms. The van der Waals surface area contributed by atoms with E-state index in [0.29, 0.717) is 17.1 Å². The fourth-order valence-corrected chi connectivity index (χ4v) is 2.81. The first-order valence-corrected chi connectivity index (χ1v) is 8.15. The topological polar surface area (TPSA) is 60.3 Å². The fourth-order valence-electron chi connectivity index (χ4n) is 2.60. The number of rotatable bonds is 6. The molecular weight excluding hydrogens is 328 g/mol. The van der Waals surface area contributed by atoms with Gasteiger partial charge in [-0.15, -0.1) is 0 Å². The Morgan fingerprint density at radius 1 is 1.25 bits per heavy atom. The molecule has 2 rings (SSSR count). The van der Waals surface area contributed by atoms with Crippen LogP contribution in [0, 0.1) is 13.8 Å². The van der Waals surface area contributed by atoms with E-state index in [0.717, 1.165) is 23.5 Å². The second-order valence-corrected chi connectivity index (χ2v) is 5.95. The number of esters is 1. The molecule has 0 spiro atoms. The quantitative estimate of drug-likeness (QED) is 0.815. The standard InChI is InChI=1S/C18H21ClN2O3/c1-4-21-12(2)8-16(13(21)3)18(23)24-11-17(22)20-10-14-6-5-7-15(19)9-14/h5-9H,4,10-11H2,1-3H3,(H,20,22). The highest BCUT2D eigenvalue weighted by Crippen LogP contribution is 2.16. The maximum absolute atomic E-state index is 12.1. The van der Waals surface area contributed by atoms with Crippen LogP contribution in [0.25, 0.3) is 0 Å². The Morgan fingerprint density at radius 2 is 2.00 bits per heavy atom. The number of nitrogens with zero attached hydrogens (tertiary/aromatic N) is 1. The van der Waals surface area contributed by atoms with Crippen LogP contribution in [0.15, 0.2) is 30.3 Å². The number of amides is 1. The zero-order valence-corrected chi connectivity index (χ0v) is 14.8. The minimum atomic E-state index is -0.485. The van der Waals surface area contributed by atoms with Gasteiger partial charge in [0.05, 0.1) is 5.56 Å². The molecule has 0 radical (unpaired) electrons. The van der Waals surface area contributed by atoms with Crippen molar-refractivity contribution in [2.75, 3.05) is 6.61 Å². The molecule has 1 aromatic heterocycles. The predicted octanol–water partition coefficient (Wildman–Crippen LogP) is 3.25. The highest BCUT2D eigenvalue weighted by atomic mass is 35.5. The molecule has 1 heterocycles. The van der Waals surface area contributed by atoms with E-state index in [-0.39, 0.29) is 12.5 Å². The summed E-state index contributed by atoms with van der Waals surface area (Å²) in [5, 5.41) is 3.31. The van der Waals surface area contributed by atoms with Crippen molar-refractivity contribution >= 4 is 23.5 Å². The normalized spacial score (nSPS) is 10.5. The Bertz CT molecular complexity index is 753. The predicted molar refractivity (Wildman–Crippen MR) is 93.2 cm³/mol. The van der Waals surface area contributed by atoms with E-state index in [2.05, 4.69) is 5.32 Å². The van der Waals surface area contributed by atoms with E-state index in [4.69, 9.17) is 16.3 Å². The molecule has 0 aliphatic carbocycles. The van der Waals surface area contributed by atoms with E-state index < -0.39 is 5.97 Å². The first-order chi connectivity index (χ1) is 11.4. The van der Waals surface area contributed by atoms with Gasteiger partial charge in [0, 0.05) is 29.5 Å². The Labute approximate surface area is 146 Å². The molecule has 0 fully saturated rings. The van der Waals surface area contributed by atoms with Crippen molar-refractivity contribution in [3.63, 3.8) is 0 Å². The molecule has 0 aliphatic heterocycles. The van der Waals surface area contributed by atoms with Crippen molar-refractivity contribution < 1.29 is 14.3 Å². The Hall–Kier alpha value is -2.27. The van der Waals surface area contributed by atoms with Gasteiger partial charge in [0.15, 0.2) is 6.61 Å². The number of aryl methyl sites for hydroxylation is 1. The second-order valence-electron chi connectivity index (χ2n) is 5.51. The molecule has 2 aromatic rings. The summed E-state index contributed by atoms with van der Waals surface area (Å²) in [6.45, 7) is 6.62. The maximum atomic E-state index is 12.1. The Morgan fingerprint density at radius 3 is 2.62 bits per heavy atom. The van der Waals surface area contributed by atoms with Crippen molar-refractivity contribution in [1.82, 2.24) is 9.88 Å². The van der Waals surface area contributed by atoms with Crippen LogP contribution in [0.1, 0.15) is 34.2 Å². The van der Waals surface area contributed by atoms with Crippen LogP contribution in [-0.4, -0.2) is 23.1 Å². The van der Waals surface area contributed by atoms with Crippen molar-refractivity contribution in [3.05, 3.63) is 57.9 Å². The highest BCUT2D eigenvalue weighted by molar-refractivity contribution is 6.30. The number of nitrogens with one attached hydrogen (secondary N) is 1. The molecule has 0 saturated heterocycles. The third-order valence-corrected chi connectivity index (χ3v) is 4.06. The van der Waals surface area contributed by atoms with Gasteiger partial charge in [0.25, 0.3) is 5.91 Å². The molecule has 1 aromatic carbocycles. The molecule has 24 heavy (non-hydrogen) atoms. The number of carbonyl (C=O) groups excluding carboxylic acids is 2. The third kappa shape index (κ3) is 4.38. The minimum Gasteiger partial charge on any atom is -0.452 e. The average Bonchev–Trinajstić information content (AvgIpc) is 2.84. The number of hydrogen-bond acceptors (Lipinski definition) is 3. The SMILES string of the molecule is CCn1c(C)cc(C(=O)OCC(=O)NCc2cccc(Cl)c2)c1C. The van der Waals surface area contributed by atoms with Crippen LogP contribution in [-0.2, 0) is 22.6 Å². The number of carbonyl (C=O) groups is 2. The van der Waals surface area contributed by atoms with Crippen LogP contribution < -0.4 is 5.32 Å². The van der Waals surface area contributed by atoms with Gasteiger partial charge in [-0.1, -0.05) is 23.7 Å². The minimum absolute atomic E-state index is 0.310. The van der Waals surface area contributed by atoms with Gasteiger partial charge >= 0.3 is 5.97 Å². The molecule has 5 nitrogen and oxygen atoms in total. The van der Waals surface area contributed by atoms with Crippen molar-refractivity contribution in [3.8, 4) is 0 Å². The first kappa shape index (κ1) is 18.1. The second kappa shape index (κ2) is 8.02. The number of hydrogen-bond donors (Lipinski definition) is 1. The number of aromatic nitrogens is 1. The summed E-state index contributed by atoms with van der Waals surface area (Å²) in [5.41, 5.74) is 3.22. The molecule has 128 valence electrons. The van der Waals surface area contributed by atoms with Crippen LogP contribution >= 0.6 is 11.6 Å². The van der Waals surface area contributed by atoms with Gasteiger partial charge in [0.1, 0.15) is 0 Å². The summed E-state index contributed by atoms with van der Waals surface area (Å²) in [6, 6.07) is 8.99. The molecule has 0 aliphatic rings. The molecular formula is C18H21ClN2O3. The van der Waals surface area contributed by atoms with Crippen molar-refractivity contribution in [2.24, 2.45) is 0 Å². The molecule has 1 amide bonds. The molecule has 0 atom stereocenters. The van der Waals surface area contributed by atoms with E-state index >= 15 is 0 Å². The summed E-state index contributed by atoms with van der Waals surface area (Å²) >= 11 is 5.89. The van der Waals surface area contributed by atoms with E-state index in [1.807, 2.05) is 37.5 Å². The zero-order chi connectivity index (χ0) is 17.7. The van der Waals surface area contributed by atoms with E-state index in [9.17, 15) is 9.59 Å². The van der Waals surface area contributed by atoms with Crippen LogP contribution in [0.3, 0.4) is 0 Å². The van der Waals surface area contributed by atoms with Gasteiger partial charge in [-0.2, -0.15) is 0 Å². The summed E-state index contributed by atoms with van der Waals surface area (Å²) < 4.78 is 7.13. The average molecular weight is 349 g/mol. The first-order valence-electron chi connectivity index (χ1n) is 7.77. The van der Waals surface area contributed by atoms with Gasteiger partial charge < -0.3 is 14.6 Å². The lowest BCUT2D eigenvalue weighted by Gasteiger charge is -2.08. The number of ether oxygens (including phenoxy) is 1. The Kier molecular flexibility index (Phi) is 6.04. The lowest BCUT2D eigenvalue weighted by Crippen LogP contribution is -2.28. The fraction of sp³-hybridized carbons (Fsp3) is 0.333. The van der Waals surface area contributed by atoms with E-state index in [1.165, 1.54) is 0 Å². The number of halogens is 1. The van der Waals surface area contributed by atoms with Gasteiger partial charge in [-0.3, -0.25) is 4.79 Å². The van der Waals surface area contributed by atoms with Crippen molar-refractivity contribution in [1.29, 1.82) is 0 Å². The van der Waals surface area contributed by atoms with Crippen molar-refractivity contribution in [2.45, 2.75) is 33.9 Å². The Balaban J connectivity index is 1.86. The molecule has 6 heteroatoms. The lowest BCUT2D eigenvalue weighted by atomic mass is 10.2. The third-order valence-electron chi connectivity index (χ3n) is 3.82. The number of benzene rings is 1.